The predicted molar refractivity (Wildman–Crippen MR) is 104 cm³/mol. The van der Waals surface area contributed by atoms with Crippen molar-refractivity contribution in [3.05, 3.63) is 23.9 Å². The summed E-state index contributed by atoms with van der Waals surface area (Å²) in [7, 11) is 0. The van der Waals surface area contributed by atoms with Crippen molar-refractivity contribution in [1.29, 1.82) is 0 Å². The number of fused-ring (bicyclic) bond motifs is 1. The van der Waals surface area contributed by atoms with E-state index in [0.29, 0.717) is 12.5 Å². The van der Waals surface area contributed by atoms with Gasteiger partial charge >= 0.3 is 0 Å². The van der Waals surface area contributed by atoms with Gasteiger partial charge in [0.05, 0.1) is 5.41 Å². The molecule has 1 saturated carbocycles. The molecule has 0 unspecified atom stereocenters. The van der Waals surface area contributed by atoms with Crippen molar-refractivity contribution in [2.24, 2.45) is 17.3 Å². The third kappa shape index (κ3) is 3.46. The second-order valence-electron chi connectivity index (χ2n) is 8.61. The number of nitrogens with one attached hydrogen (secondary N) is 2. The average molecular weight is 357 g/mol. The van der Waals surface area contributed by atoms with Crippen molar-refractivity contribution in [2.75, 3.05) is 31.1 Å². The SMILES string of the molecule is CC1CCN(c2ccc(CNC(=O)[C@@]34CCCC[C@H]3CNC4)cn2)CC1. The molecule has 3 fully saturated rings. The summed E-state index contributed by atoms with van der Waals surface area (Å²) in [5, 5.41) is 6.66. The Hall–Kier alpha value is -1.62. The minimum atomic E-state index is -0.171. The molecule has 0 bridgehead atoms. The van der Waals surface area contributed by atoms with Crippen LogP contribution in [0.4, 0.5) is 5.82 Å². The van der Waals surface area contributed by atoms with E-state index in [1.165, 1.54) is 32.1 Å². The summed E-state index contributed by atoms with van der Waals surface area (Å²) in [6.45, 7) is 6.94. The van der Waals surface area contributed by atoms with Crippen LogP contribution in [0.5, 0.6) is 0 Å². The number of anilines is 1. The Morgan fingerprint density at radius 1 is 1.31 bits per heavy atom. The van der Waals surface area contributed by atoms with Crippen LogP contribution in [0, 0.1) is 17.3 Å². The molecule has 0 aromatic carbocycles. The van der Waals surface area contributed by atoms with E-state index in [4.69, 9.17) is 0 Å². The summed E-state index contributed by atoms with van der Waals surface area (Å²) < 4.78 is 0. The van der Waals surface area contributed by atoms with Crippen LogP contribution in [0.1, 0.15) is 51.0 Å². The molecule has 0 radical (unpaired) electrons. The molecule has 3 heterocycles. The monoisotopic (exact) mass is 356 g/mol. The largest absolute Gasteiger partial charge is 0.357 e. The summed E-state index contributed by atoms with van der Waals surface area (Å²) in [6.07, 6.45) is 9.08. The third-order valence-corrected chi connectivity index (χ3v) is 6.86. The third-order valence-electron chi connectivity index (χ3n) is 6.86. The number of piperidine rings is 1. The van der Waals surface area contributed by atoms with Gasteiger partial charge in [0.25, 0.3) is 0 Å². The van der Waals surface area contributed by atoms with Crippen molar-refractivity contribution in [3.63, 3.8) is 0 Å². The van der Waals surface area contributed by atoms with E-state index in [-0.39, 0.29) is 11.3 Å². The first kappa shape index (κ1) is 17.8. The first-order valence-corrected chi connectivity index (χ1v) is 10.4. The fraction of sp³-hybridized carbons (Fsp3) is 0.714. The lowest BCUT2D eigenvalue weighted by Crippen LogP contribution is -2.47. The first-order valence-electron chi connectivity index (χ1n) is 10.4. The maximum Gasteiger partial charge on any atom is 0.228 e. The maximum absolute atomic E-state index is 12.9. The zero-order valence-corrected chi connectivity index (χ0v) is 16.0. The van der Waals surface area contributed by atoms with Gasteiger partial charge in [0.1, 0.15) is 5.82 Å². The van der Waals surface area contributed by atoms with Gasteiger partial charge in [0.2, 0.25) is 5.91 Å². The lowest BCUT2D eigenvalue weighted by Gasteiger charge is -2.37. The van der Waals surface area contributed by atoms with E-state index in [9.17, 15) is 4.79 Å². The van der Waals surface area contributed by atoms with Crippen molar-refractivity contribution >= 4 is 11.7 Å². The molecular weight excluding hydrogens is 324 g/mol. The molecule has 2 saturated heterocycles. The number of hydrogen-bond acceptors (Lipinski definition) is 4. The van der Waals surface area contributed by atoms with Crippen LogP contribution in [0.25, 0.3) is 0 Å². The Labute approximate surface area is 156 Å². The van der Waals surface area contributed by atoms with Gasteiger partial charge in [-0.15, -0.1) is 0 Å². The summed E-state index contributed by atoms with van der Waals surface area (Å²) in [6, 6.07) is 4.22. The Bertz CT molecular complexity index is 623. The fourth-order valence-corrected chi connectivity index (χ4v) is 4.99. The van der Waals surface area contributed by atoms with Gasteiger partial charge in [-0.05, 0) is 55.7 Å². The quantitative estimate of drug-likeness (QED) is 0.871. The summed E-state index contributed by atoms with van der Waals surface area (Å²) in [5.74, 6) is 2.64. The number of carbonyl (C=O) groups excluding carboxylic acids is 1. The first-order chi connectivity index (χ1) is 12.7. The van der Waals surface area contributed by atoms with Crippen molar-refractivity contribution in [1.82, 2.24) is 15.6 Å². The molecule has 1 aliphatic carbocycles. The van der Waals surface area contributed by atoms with E-state index in [2.05, 4.69) is 39.6 Å². The molecule has 1 aromatic heterocycles. The number of aromatic nitrogens is 1. The molecule has 4 rings (SSSR count). The summed E-state index contributed by atoms with van der Waals surface area (Å²) in [4.78, 5) is 20.0. The minimum Gasteiger partial charge on any atom is -0.357 e. The van der Waals surface area contributed by atoms with Crippen LogP contribution in [-0.2, 0) is 11.3 Å². The van der Waals surface area contributed by atoms with E-state index >= 15 is 0 Å². The van der Waals surface area contributed by atoms with Crippen LogP contribution < -0.4 is 15.5 Å². The van der Waals surface area contributed by atoms with Gasteiger partial charge in [-0.2, -0.15) is 0 Å². The van der Waals surface area contributed by atoms with E-state index < -0.39 is 0 Å². The van der Waals surface area contributed by atoms with E-state index in [1.807, 2.05) is 6.20 Å². The zero-order chi connectivity index (χ0) is 18.0. The highest BCUT2D eigenvalue weighted by molar-refractivity contribution is 5.83. The Morgan fingerprint density at radius 2 is 2.15 bits per heavy atom. The molecular formula is C21H32N4O. The number of amides is 1. The van der Waals surface area contributed by atoms with E-state index in [0.717, 1.165) is 49.9 Å². The van der Waals surface area contributed by atoms with Gasteiger partial charge in [-0.25, -0.2) is 4.98 Å². The normalized spacial score (nSPS) is 29.4. The highest BCUT2D eigenvalue weighted by Crippen LogP contribution is 2.43. The lowest BCUT2D eigenvalue weighted by molar-refractivity contribution is -0.134. The summed E-state index contributed by atoms with van der Waals surface area (Å²) >= 11 is 0. The highest BCUT2D eigenvalue weighted by Gasteiger charge is 2.49. The number of rotatable bonds is 4. The van der Waals surface area contributed by atoms with Crippen LogP contribution in [-0.4, -0.2) is 37.1 Å². The highest BCUT2D eigenvalue weighted by atomic mass is 16.2. The molecule has 2 atom stereocenters. The average Bonchev–Trinajstić information content (AvgIpc) is 3.12. The lowest BCUT2D eigenvalue weighted by atomic mass is 9.67. The van der Waals surface area contributed by atoms with E-state index in [1.54, 1.807) is 0 Å². The Kier molecular flexibility index (Phi) is 5.16. The summed E-state index contributed by atoms with van der Waals surface area (Å²) in [5.41, 5.74) is 0.915. The van der Waals surface area contributed by atoms with Crippen molar-refractivity contribution in [2.45, 2.75) is 52.0 Å². The number of carbonyl (C=O) groups is 1. The Morgan fingerprint density at radius 3 is 2.92 bits per heavy atom. The molecule has 142 valence electrons. The molecule has 1 aromatic rings. The zero-order valence-electron chi connectivity index (χ0n) is 16.0. The molecule has 5 heteroatoms. The molecule has 26 heavy (non-hydrogen) atoms. The number of hydrogen-bond donors (Lipinski definition) is 2. The Balaban J connectivity index is 1.34. The smallest absolute Gasteiger partial charge is 0.228 e. The van der Waals surface area contributed by atoms with Gasteiger partial charge in [-0.1, -0.05) is 25.8 Å². The molecule has 2 N–H and O–H groups in total. The van der Waals surface area contributed by atoms with Crippen LogP contribution >= 0.6 is 0 Å². The predicted octanol–water partition coefficient (Wildman–Crippen LogP) is 2.71. The standard InChI is InChI=1S/C21H32N4O/c1-16-7-10-25(11-8-16)19-6-5-17(12-23-19)13-24-20(26)21-9-3-2-4-18(21)14-22-15-21/h5-6,12,16,18,22H,2-4,7-11,13-15H2,1H3,(H,24,26)/t18-,21+/m0/s1. The minimum absolute atomic E-state index is 0.171. The van der Waals surface area contributed by atoms with Gasteiger partial charge in [0.15, 0.2) is 0 Å². The van der Waals surface area contributed by atoms with Crippen LogP contribution in [0.15, 0.2) is 18.3 Å². The fourth-order valence-electron chi connectivity index (χ4n) is 4.99. The maximum atomic E-state index is 12.9. The second kappa shape index (κ2) is 7.55. The van der Waals surface area contributed by atoms with Crippen LogP contribution in [0.3, 0.4) is 0 Å². The van der Waals surface area contributed by atoms with Gasteiger partial charge in [0, 0.05) is 32.4 Å². The second-order valence-corrected chi connectivity index (χ2v) is 8.61. The number of pyridine rings is 1. The van der Waals surface area contributed by atoms with Crippen molar-refractivity contribution in [3.8, 4) is 0 Å². The molecule has 0 spiro atoms. The van der Waals surface area contributed by atoms with Crippen molar-refractivity contribution < 1.29 is 4.79 Å². The number of nitrogens with zero attached hydrogens (tertiary/aromatic N) is 2. The van der Waals surface area contributed by atoms with Gasteiger partial charge in [-0.3, -0.25) is 4.79 Å². The molecule has 2 aliphatic heterocycles. The van der Waals surface area contributed by atoms with Crippen LogP contribution in [0.2, 0.25) is 0 Å². The molecule has 1 amide bonds. The van der Waals surface area contributed by atoms with Gasteiger partial charge < -0.3 is 15.5 Å². The molecule has 5 nitrogen and oxygen atoms in total. The topological polar surface area (TPSA) is 57.3 Å². The molecule has 3 aliphatic rings.